The Morgan fingerprint density at radius 3 is 2.25 bits per heavy atom. The van der Waals surface area contributed by atoms with Gasteiger partial charge in [0.25, 0.3) is 0 Å². The number of phenols is 5. The molecule has 2 fully saturated rings. The largest absolute Gasteiger partial charge is 0.508 e. The second kappa shape index (κ2) is 15.3. The second-order valence-corrected chi connectivity index (χ2v) is 12.2. The fourth-order valence-corrected chi connectivity index (χ4v) is 5.65. The number of fused-ring (bicyclic) bond motifs is 1. The maximum Gasteiger partial charge on any atom is 0.331 e. The third-order valence-corrected chi connectivity index (χ3v) is 8.47. The topological polar surface area (TPSA) is 296 Å². The number of esters is 1. The molecule has 0 aliphatic carbocycles. The van der Waals surface area contributed by atoms with Crippen LogP contribution < -0.4 is 10.2 Å². The molecule has 18 heteroatoms. The molecule has 6 rings (SSSR count). The van der Waals surface area contributed by atoms with Crippen LogP contribution in [0.2, 0.25) is 0 Å². The van der Waals surface area contributed by atoms with E-state index in [-0.39, 0.29) is 16.9 Å². The van der Waals surface area contributed by atoms with E-state index in [0.29, 0.717) is 5.56 Å². The number of aromatic hydroxyl groups is 5. The number of benzene rings is 3. The van der Waals surface area contributed by atoms with Gasteiger partial charge in [-0.1, -0.05) is 12.1 Å². The minimum absolute atomic E-state index is 0.0248. The highest BCUT2D eigenvalue weighted by Crippen LogP contribution is 2.40. The van der Waals surface area contributed by atoms with Gasteiger partial charge in [0.1, 0.15) is 64.8 Å². The Hall–Kier alpha value is -5.44. The third kappa shape index (κ3) is 7.84. The predicted molar refractivity (Wildman–Crippen MR) is 177 cm³/mol. The van der Waals surface area contributed by atoms with Gasteiger partial charge in [-0.2, -0.15) is 0 Å². The van der Waals surface area contributed by atoms with Crippen molar-refractivity contribution >= 4 is 23.0 Å². The fraction of sp³-hybridized carbons (Fsp3) is 0.314. The monoisotopic (exact) mass is 742 g/mol. The highest BCUT2D eigenvalue weighted by Gasteiger charge is 2.49. The predicted octanol–water partition coefficient (Wildman–Crippen LogP) is -0.106. The summed E-state index contributed by atoms with van der Waals surface area (Å²) < 4.78 is 33.8. The maximum atomic E-state index is 14.0. The summed E-state index contributed by atoms with van der Waals surface area (Å²) in [5, 5.41) is 102. The van der Waals surface area contributed by atoms with Gasteiger partial charge in [-0.05, 0) is 42.0 Å². The quantitative estimate of drug-likeness (QED) is 0.0608. The van der Waals surface area contributed by atoms with Crippen molar-refractivity contribution in [2.45, 2.75) is 55.3 Å². The zero-order valence-corrected chi connectivity index (χ0v) is 27.2. The zero-order valence-electron chi connectivity index (χ0n) is 27.2. The molecule has 0 spiro atoms. The molecule has 0 radical (unpaired) electrons. The van der Waals surface area contributed by atoms with E-state index < -0.39 is 120 Å². The Morgan fingerprint density at radius 1 is 0.792 bits per heavy atom. The average molecular weight is 743 g/mol. The van der Waals surface area contributed by atoms with E-state index in [2.05, 4.69) is 0 Å². The Kier molecular flexibility index (Phi) is 10.8. The smallest absolute Gasteiger partial charge is 0.331 e. The normalized spacial score (nSPS) is 27.5. The summed E-state index contributed by atoms with van der Waals surface area (Å²) in [6, 6.07) is 10.9. The number of hydrogen-bond donors (Lipinski definition) is 10. The van der Waals surface area contributed by atoms with Crippen molar-refractivity contribution in [1.82, 2.24) is 0 Å². The molecule has 0 unspecified atom stereocenters. The lowest BCUT2D eigenvalue weighted by Gasteiger charge is -2.42. The van der Waals surface area contributed by atoms with Crippen LogP contribution in [0.5, 0.6) is 34.5 Å². The number of carbonyl (C=O) groups excluding carboxylic acids is 1. The van der Waals surface area contributed by atoms with Gasteiger partial charge in [-0.15, -0.1) is 0 Å². The zero-order chi connectivity index (χ0) is 38.1. The molecule has 3 heterocycles. The van der Waals surface area contributed by atoms with Gasteiger partial charge in [-0.3, -0.25) is 4.79 Å². The van der Waals surface area contributed by atoms with Crippen LogP contribution in [-0.2, 0) is 23.7 Å². The molecule has 2 aliphatic rings. The molecule has 0 saturated carbocycles. The van der Waals surface area contributed by atoms with Gasteiger partial charge < -0.3 is 79.2 Å². The van der Waals surface area contributed by atoms with Crippen LogP contribution in [-0.4, -0.2) is 126 Å². The van der Waals surface area contributed by atoms with Crippen molar-refractivity contribution in [3.05, 3.63) is 76.5 Å². The summed E-state index contributed by atoms with van der Waals surface area (Å²) in [6.07, 6.45) is -13.4. The van der Waals surface area contributed by atoms with Gasteiger partial charge in [-0.25, -0.2) is 4.79 Å². The molecule has 282 valence electrons. The number of rotatable bonds is 9. The summed E-state index contributed by atoms with van der Waals surface area (Å²) in [6.45, 7) is -1.09. The van der Waals surface area contributed by atoms with Crippen molar-refractivity contribution in [3.63, 3.8) is 0 Å². The molecule has 10 N–H and O–H groups in total. The van der Waals surface area contributed by atoms with E-state index in [0.717, 1.165) is 30.3 Å². The lowest BCUT2D eigenvalue weighted by atomic mass is 9.98. The van der Waals surface area contributed by atoms with E-state index in [1.807, 2.05) is 0 Å². The Labute approximate surface area is 297 Å². The van der Waals surface area contributed by atoms with Crippen LogP contribution in [0.4, 0.5) is 0 Å². The van der Waals surface area contributed by atoms with Gasteiger partial charge in [0.15, 0.2) is 29.7 Å². The molecule has 18 nitrogen and oxygen atoms in total. The SMILES string of the molecule is O=C(/C=C/c1ccc(O)cc1)O[C@H]1[C@H](Oc2c(-c3ccc(O)c(O)c3)oc3cc(O)cc(O)c3c2=O)O[C@@H](CO[C@@H]2OC[C@H](O)[C@H](O)[C@@H]2O)[C@@H](O)[C@@H]1O. The molecule has 9 atom stereocenters. The molecule has 1 aromatic heterocycles. The standard InChI is InChI=1S/C35H34O18/c36-16-5-1-14(2-6-16)3-8-24(42)52-33-29(46)27(44)23(13-49-34-30(47)26(43)21(41)12-48-34)51-35(33)53-32-28(45)25-20(40)10-17(37)11-22(25)50-31(32)15-4-7-18(38)19(39)9-15/h1-11,21,23,26-27,29-30,33-41,43-44,46-47H,12-13H2/b8-3+/t21-,23-,26-,27+,29-,30-,33+,34-,35-/m0/s1. The Balaban J connectivity index is 1.37. The number of hydrogen-bond acceptors (Lipinski definition) is 18. The first-order chi connectivity index (χ1) is 25.2. The number of ether oxygens (including phenoxy) is 5. The molecule has 0 bridgehead atoms. The van der Waals surface area contributed by atoms with Crippen molar-refractivity contribution < 1.29 is 84.0 Å². The summed E-state index contributed by atoms with van der Waals surface area (Å²) in [5.41, 5.74) is -1.03. The Bertz CT molecular complexity index is 2040. The first-order valence-electron chi connectivity index (χ1n) is 15.9. The number of aliphatic hydroxyl groups excluding tert-OH is 5. The number of aliphatic hydroxyl groups is 5. The van der Waals surface area contributed by atoms with Crippen LogP contribution in [0.1, 0.15) is 5.56 Å². The van der Waals surface area contributed by atoms with Crippen LogP contribution in [0.15, 0.2) is 69.9 Å². The van der Waals surface area contributed by atoms with E-state index in [1.165, 1.54) is 36.4 Å². The summed E-state index contributed by atoms with van der Waals surface area (Å²) in [5.74, 6) is -4.71. The molecule has 2 aliphatic heterocycles. The maximum absolute atomic E-state index is 14.0. The summed E-state index contributed by atoms with van der Waals surface area (Å²) >= 11 is 0. The van der Waals surface area contributed by atoms with Gasteiger partial charge in [0.2, 0.25) is 17.5 Å². The summed E-state index contributed by atoms with van der Waals surface area (Å²) in [7, 11) is 0. The van der Waals surface area contributed by atoms with Crippen LogP contribution in [0.3, 0.4) is 0 Å². The van der Waals surface area contributed by atoms with Gasteiger partial charge in [0, 0.05) is 23.8 Å². The highest BCUT2D eigenvalue weighted by atomic mass is 16.7. The minimum Gasteiger partial charge on any atom is -0.508 e. The fourth-order valence-electron chi connectivity index (χ4n) is 5.65. The molecular weight excluding hydrogens is 708 g/mol. The van der Waals surface area contributed by atoms with Crippen molar-refractivity contribution in [2.24, 2.45) is 0 Å². The van der Waals surface area contributed by atoms with Crippen molar-refractivity contribution in [2.75, 3.05) is 13.2 Å². The van der Waals surface area contributed by atoms with Gasteiger partial charge >= 0.3 is 5.97 Å². The van der Waals surface area contributed by atoms with E-state index in [4.69, 9.17) is 28.1 Å². The number of phenolic OH excluding ortho intramolecular Hbond substituents is 5. The first-order valence-corrected chi connectivity index (χ1v) is 15.9. The van der Waals surface area contributed by atoms with Crippen LogP contribution in [0, 0.1) is 0 Å². The number of carbonyl (C=O) groups is 1. The van der Waals surface area contributed by atoms with Gasteiger partial charge in [0.05, 0.1) is 13.2 Å². The third-order valence-electron chi connectivity index (χ3n) is 8.47. The van der Waals surface area contributed by atoms with Crippen LogP contribution >= 0.6 is 0 Å². The molecule has 53 heavy (non-hydrogen) atoms. The van der Waals surface area contributed by atoms with E-state index in [1.54, 1.807) is 0 Å². The molecule has 0 amide bonds. The lowest BCUT2D eigenvalue weighted by molar-refractivity contribution is -0.308. The highest BCUT2D eigenvalue weighted by molar-refractivity contribution is 5.89. The minimum atomic E-state index is -2.02. The van der Waals surface area contributed by atoms with Crippen molar-refractivity contribution in [3.8, 4) is 45.8 Å². The molecular formula is C35H34O18. The van der Waals surface area contributed by atoms with E-state index >= 15 is 0 Å². The second-order valence-electron chi connectivity index (χ2n) is 12.2. The lowest BCUT2D eigenvalue weighted by Crippen LogP contribution is -2.62. The molecule has 3 aromatic carbocycles. The van der Waals surface area contributed by atoms with Crippen molar-refractivity contribution in [1.29, 1.82) is 0 Å². The van der Waals surface area contributed by atoms with E-state index in [9.17, 15) is 60.7 Å². The molecule has 2 saturated heterocycles. The first kappa shape index (κ1) is 37.3. The molecule has 4 aromatic rings. The Morgan fingerprint density at radius 2 is 1.53 bits per heavy atom. The summed E-state index contributed by atoms with van der Waals surface area (Å²) in [4.78, 5) is 27.0. The van der Waals surface area contributed by atoms with Crippen LogP contribution in [0.25, 0.3) is 28.4 Å². The average Bonchev–Trinajstić information content (AvgIpc) is 3.12.